The van der Waals surface area contributed by atoms with E-state index < -0.39 is 0 Å². The van der Waals surface area contributed by atoms with E-state index in [-0.39, 0.29) is 11.9 Å². The molecule has 1 fully saturated rings. The molecule has 154 valence electrons. The number of benzene rings is 2. The molecule has 2 N–H and O–H groups in total. The van der Waals surface area contributed by atoms with Crippen molar-refractivity contribution in [3.63, 3.8) is 0 Å². The van der Waals surface area contributed by atoms with Gasteiger partial charge in [-0.15, -0.1) is 0 Å². The minimum Gasteiger partial charge on any atom is -0.497 e. The first-order valence-corrected chi connectivity index (χ1v) is 10.6. The summed E-state index contributed by atoms with van der Waals surface area (Å²) in [6.07, 6.45) is 2.93. The van der Waals surface area contributed by atoms with Crippen molar-refractivity contribution < 1.29 is 9.53 Å². The third kappa shape index (κ3) is 4.46. The molecule has 0 radical (unpaired) electrons. The molecule has 0 bridgehead atoms. The normalized spacial score (nSPS) is 21.9. The van der Waals surface area contributed by atoms with Crippen molar-refractivity contribution in [2.24, 2.45) is 0 Å². The predicted octanol–water partition coefficient (Wildman–Crippen LogP) is 2.53. The lowest BCUT2D eigenvalue weighted by Gasteiger charge is -2.29. The predicted molar refractivity (Wildman–Crippen MR) is 115 cm³/mol. The summed E-state index contributed by atoms with van der Waals surface area (Å²) in [5, 5.41) is 6.72. The van der Waals surface area contributed by atoms with Gasteiger partial charge in [-0.25, -0.2) is 0 Å². The van der Waals surface area contributed by atoms with Gasteiger partial charge in [0, 0.05) is 31.7 Å². The van der Waals surface area contributed by atoms with E-state index in [4.69, 9.17) is 4.74 Å². The van der Waals surface area contributed by atoms with Crippen LogP contribution in [0, 0.1) is 0 Å². The summed E-state index contributed by atoms with van der Waals surface area (Å²) >= 11 is 0. The van der Waals surface area contributed by atoms with Gasteiger partial charge in [-0.3, -0.25) is 9.69 Å². The quantitative estimate of drug-likeness (QED) is 0.759. The molecule has 0 spiro atoms. The van der Waals surface area contributed by atoms with Crippen molar-refractivity contribution >= 4 is 5.91 Å². The first-order valence-electron chi connectivity index (χ1n) is 10.6. The van der Waals surface area contributed by atoms with E-state index in [0.29, 0.717) is 18.6 Å². The number of carbonyl (C=O) groups is 1. The highest BCUT2D eigenvalue weighted by molar-refractivity contribution is 5.82. The van der Waals surface area contributed by atoms with Crippen LogP contribution in [0.5, 0.6) is 5.75 Å². The zero-order valence-electron chi connectivity index (χ0n) is 17.4. The van der Waals surface area contributed by atoms with E-state index in [9.17, 15) is 4.79 Å². The molecule has 29 heavy (non-hydrogen) atoms. The van der Waals surface area contributed by atoms with Gasteiger partial charge in [-0.1, -0.05) is 36.4 Å². The van der Waals surface area contributed by atoms with Gasteiger partial charge < -0.3 is 15.4 Å². The van der Waals surface area contributed by atoms with E-state index in [1.807, 2.05) is 19.1 Å². The molecule has 0 saturated carbocycles. The number of nitrogens with zero attached hydrogens (tertiary/aromatic N) is 1. The summed E-state index contributed by atoms with van der Waals surface area (Å²) in [6, 6.07) is 17.5. The molecular weight excluding hydrogens is 362 g/mol. The Balaban J connectivity index is 1.42. The standard InChI is InChI=1S/C24H31N3O2/c1-3-25-24(28)23-14-20(26-15-17-8-10-22(29-2)11-9-17)16-27(23)21-12-18-6-4-5-7-19(18)13-21/h4-11,20-21,23,26H,3,12-16H2,1-2H3,(H,25,28)/t20-,23+/m1/s1. The molecule has 5 nitrogen and oxygen atoms in total. The smallest absolute Gasteiger partial charge is 0.237 e. The number of amides is 1. The van der Waals surface area contributed by atoms with Gasteiger partial charge in [-0.05, 0) is 55.0 Å². The van der Waals surface area contributed by atoms with Gasteiger partial charge in [-0.2, -0.15) is 0 Å². The van der Waals surface area contributed by atoms with Crippen molar-refractivity contribution in [1.82, 2.24) is 15.5 Å². The van der Waals surface area contributed by atoms with Gasteiger partial charge in [0.2, 0.25) is 5.91 Å². The lowest BCUT2D eigenvalue weighted by atomic mass is 10.1. The Labute approximate surface area is 173 Å². The summed E-state index contributed by atoms with van der Waals surface area (Å²) in [7, 11) is 1.68. The van der Waals surface area contributed by atoms with Crippen LogP contribution in [0.3, 0.4) is 0 Å². The lowest BCUT2D eigenvalue weighted by molar-refractivity contribution is -0.126. The number of likely N-dealkylation sites (N-methyl/N-ethyl adjacent to an activating group) is 1. The Hall–Kier alpha value is -2.37. The van der Waals surface area contributed by atoms with Crippen molar-refractivity contribution in [2.45, 2.75) is 50.9 Å². The maximum Gasteiger partial charge on any atom is 0.237 e. The second-order valence-electron chi connectivity index (χ2n) is 8.10. The van der Waals surface area contributed by atoms with E-state index in [1.165, 1.54) is 16.7 Å². The number of fused-ring (bicyclic) bond motifs is 1. The van der Waals surface area contributed by atoms with Crippen LogP contribution in [-0.2, 0) is 24.2 Å². The van der Waals surface area contributed by atoms with Crippen LogP contribution < -0.4 is 15.4 Å². The van der Waals surface area contributed by atoms with Crippen LogP contribution in [-0.4, -0.2) is 49.1 Å². The third-order valence-corrected chi connectivity index (χ3v) is 6.25. The molecule has 1 aliphatic carbocycles. The molecule has 1 aliphatic heterocycles. The highest BCUT2D eigenvalue weighted by Crippen LogP contribution is 2.31. The summed E-state index contributed by atoms with van der Waals surface area (Å²) in [4.78, 5) is 15.2. The maximum atomic E-state index is 12.8. The van der Waals surface area contributed by atoms with Crippen molar-refractivity contribution in [2.75, 3.05) is 20.2 Å². The van der Waals surface area contributed by atoms with Gasteiger partial charge in [0.05, 0.1) is 13.2 Å². The first kappa shape index (κ1) is 19.9. The van der Waals surface area contributed by atoms with Crippen LogP contribution in [0.15, 0.2) is 48.5 Å². The molecule has 0 aromatic heterocycles. The summed E-state index contributed by atoms with van der Waals surface area (Å²) in [5.74, 6) is 1.04. The molecule has 2 aromatic rings. The van der Waals surface area contributed by atoms with Gasteiger partial charge >= 0.3 is 0 Å². The number of rotatable bonds is 7. The maximum absolute atomic E-state index is 12.8. The largest absolute Gasteiger partial charge is 0.497 e. The highest BCUT2D eigenvalue weighted by atomic mass is 16.5. The lowest BCUT2D eigenvalue weighted by Crippen LogP contribution is -2.48. The molecule has 0 unspecified atom stereocenters. The second kappa shape index (κ2) is 8.97. The fourth-order valence-corrected chi connectivity index (χ4v) is 4.74. The minimum atomic E-state index is -0.0531. The van der Waals surface area contributed by atoms with E-state index in [2.05, 4.69) is 51.9 Å². The first-order chi connectivity index (χ1) is 14.2. The Bertz CT molecular complexity index is 811. The fraction of sp³-hybridized carbons (Fsp3) is 0.458. The van der Waals surface area contributed by atoms with Crippen LogP contribution >= 0.6 is 0 Å². The number of ether oxygens (including phenoxy) is 1. The molecule has 2 atom stereocenters. The van der Waals surface area contributed by atoms with Crippen LogP contribution in [0.25, 0.3) is 0 Å². The topological polar surface area (TPSA) is 53.6 Å². The van der Waals surface area contributed by atoms with E-state index in [1.54, 1.807) is 7.11 Å². The Morgan fingerprint density at radius 2 is 1.79 bits per heavy atom. The third-order valence-electron chi connectivity index (χ3n) is 6.25. The number of methoxy groups -OCH3 is 1. The molecule has 2 aliphatic rings. The number of carbonyl (C=O) groups excluding carboxylic acids is 1. The van der Waals surface area contributed by atoms with Gasteiger partial charge in [0.15, 0.2) is 0 Å². The SMILES string of the molecule is CCNC(=O)[C@@H]1C[C@@H](NCc2ccc(OC)cc2)CN1C1Cc2ccccc2C1. The fourth-order valence-electron chi connectivity index (χ4n) is 4.74. The number of likely N-dealkylation sites (tertiary alicyclic amines) is 1. The zero-order valence-corrected chi connectivity index (χ0v) is 17.4. The minimum absolute atomic E-state index is 0.0531. The highest BCUT2D eigenvalue weighted by Gasteiger charge is 2.41. The Morgan fingerprint density at radius 1 is 1.10 bits per heavy atom. The monoisotopic (exact) mass is 393 g/mol. The molecule has 1 saturated heterocycles. The van der Waals surface area contributed by atoms with E-state index >= 15 is 0 Å². The Morgan fingerprint density at radius 3 is 2.41 bits per heavy atom. The van der Waals surface area contributed by atoms with Crippen LogP contribution in [0.4, 0.5) is 0 Å². The Kier molecular flexibility index (Phi) is 6.16. The zero-order chi connectivity index (χ0) is 20.2. The molecule has 1 amide bonds. The molecular formula is C24H31N3O2. The average Bonchev–Trinajstić information content (AvgIpc) is 3.37. The van der Waals surface area contributed by atoms with Crippen molar-refractivity contribution in [3.8, 4) is 5.75 Å². The summed E-state index contributed by atoms with van der Waals surface area (Å²) < 4.78 is 5.24. The number of hydrogen-bond acceptors (Lipinski definition) is 4. The number of hydrogen-bond donors (Lipinski definition) is 2. The van der Waals surface area contributed by atoms with Crippen LogP contribution in [0.2, 0.25) is 0 Å². The molecule has 5 heteroatoms. The molecule has 1 heterocycles. The molecule has 4 rings (SSSR count). The van der Waals surface area contributed by atoms with Crippen LogP contribution in [0.1, 0.15) is 30.0 Å². The summed E-state index contributed by atoms with van der Waals surface area (Å²) in [6.45, 7) is 4.38. The van der Waals surface area contributed by atoms with E-state index in [0.717, 1.165) is 38.1 Å². The number of nitrogens with one attached hydrogen (secondary N) is 2. The summed E-state index contributed by atoms with van der Waals surface area (Å²) in [5.41, 5.74) is 4.09. The average molecular weight is 394 g/mol. The van der Waals surface area contributed by atoms with Gasteiger partial charge in [0.25, 0.3) is 0 Å². The second-order valence-corrected chi connectivity index (χ2v) is 8.10. The van der Waals surface area contributed by atoms with Gasteiger partial charge in [0.1, 0.15) is 5.75 Å². The van der Waals surface area contributed by atoms with Crippen molar-refractivity contribution in [3.05, 3.63) is 65.2 Å². The van der Waals surface area contributed by atoms with Crippen molar-refractivity contribution in [1.29, 1.82) is 0 Å². The molecule has 2 aromatic carbocycles.